The number of rotatable bonds is 4. The smallest absolute Gasteiger partial charge is 0.324 e. The predicted molar refractivity (Wildman–Crippen MR) is 86.4 cm³/mol. The number of carboxylic acids is 1. The Morgan fingerprint density at radius 3 is 2.48 bits per heavy atom. The molecule has 1 N–H and O–H groups in total. The SMILES string of the molecule is CCCC1(C(=O)O)CCCN1C1CCCCC1C(C)(C)C. The molecule has 1 saturated carbocycles. The van der Waals surface area contributed by atoms with E-state index in [9.17, 15) is 9.90 Å². The monoisotopic (exact) mass is 295 g/mol. The van der Waals surface area contributed by atoms with Crippen LogP contribution in [-0.4, -0.2) is 34.1 Å². The van der Waals surface area contributed by atoms with E-state index in [1.165, 1.54) is 25.7 Å². The normalized spacial score (nSPS) is 35.0. The average molecular weight is 295 g/mol. The highest BCUT2D eigenvalue weighted by molar-refractivity contribution is 5.79. The fraction of sp³-hybridized carbons (Fsp3) is 0.944. The van der Waals surface area contributed by atoms with Gasteiger partial charge >= 0.3 is 5.97 Å². The molecule has 1 aliphatic carbocycles. The van der Waals surface area contributed by atoms with E-state index in [2.05, 4.69) is 32.6 Å². The summed E-state index contributed by atoms with van der Waals surface area (Å²) in [5.41, 5.74) is -0.315. The summed E-state index contributed by atoms with van der Waals surface area (Å²) < 4.78 is 0. The lowest BCUT2D eigenvalue weighted by atomic mass is 9.68. The van der Waals surface area contributed by atoms with Gasteiger partial charge in [0.2, 0.25) is 0 Å². The Labute approximate surface area is 130 Å². The number of aliphatic carboxylic acids is 1. The average Bonchev–Trinajstić information content (AvgIpc) is 2.83. The van der Waals surface area contributed by atoms with E-state index in [1.54, 1.807) is 0 Å². The maximum Gasteiger partial charge on any atom is 0.324 e. The van der Waals surface area contributed by atoms with Crippen molar-refractivity contribution in [3.63, 3.8) is 0 Å². The number of hydrogen-bond donors (Lipinski definition) is 1. The number of nitrogens with zero attached hydrogens (tertiary/aromatic N) is 1. The second kappa shape index (κ2) is 6.28. The molecule has 0 spiro atoms. The van der Waals surface area contributed by atoms with Gasteiger partial charge in [0.25, 0.3) is 0 Å². The first-order valence-electron chi connectivity index (χ1n) is 8.83. The van der Waals surface area contributed by atoms with Crippen LogP contribution in [0.15, 0.2) is 0 Å². The van der Waals surface area contributed by atoms with Crippen LogP contribution in [0.5, 0.6) is 0 Å². The predicted octanol–water partition coefficient (Wildman–Crippen LogP) is 4.31. The molecular formula is C18H33NO2. The summed E-state index contributed by atoms with van der Waals surface area (Å²) in [7, 11) is 0. The van der Waals surface area contributed by atoms with Crippen LogP contribution in [0.1, 0.15) is 79.1 Å². The molecule has 0 aromatic heterocycles. The third kappa shape index (κ3) is 3.13. The number of carboxylic acid groups (broad SMARTS) is 1. The Kier molecular flexibility index (Phi) is 5.02. The summed E-state index contributed by atoms with van der Waals surface area (Å²) in [6, 6.07) is 0.462. The minimum Gasteiger partial charge on any atom is -0.480 e. The van der Waals surface area contributed by atoms with Crippen molar-refractivity contribution >= 4 is 5.97 Å². The van der Waals surface area contributed by atoms with Crippen molar-refractivity contribution in [2.45, 2.75) is 90.6 Å². The minimum atomic E-state index is -0.583. The number of likely N-dealkylation sites (tertiary alicyclic amines) is 1. The summed E-state index contributed by atoms with van der Waals surface area (Å²) in [6.45, 7) is 10.1. The van der Waals surface area contributed by atoms with Crippen LogP contribution in [0.25, 0.3) is 0 Å². The van der Waals surface area contributed by atoms with Crippen LogP contribution in [0.2, 0.25) is 0 Å². The molecular weight excluding hydrogens is 262 g/mol. The first-order chi connectivity index (χ1) is 9.83. The Hall–Kier alpha value is -0.570. The summed E-state index contributed by atoms with van der Waals surface area (Å²) in [5, 5.41) is 9.94. The van der Waals surface area contributed by atoms with E-state index in [4.69, 9.17) is 0 Å². The molecule has 1 aliphatic heterocycles. The van der Waals surface area contributed by atoms with Crippen LogP contribution < -0.4 is 0 Å². The van der Waals surface area contributed by atoms with Gasteiger partial charge in [-0.05, 0) is 50.0 Å². The fourth-order valence-corrected chi connectivity index (χ4v) is 4.90. The zero-order valence-electron chi connectivity index (χ0n) is 14.3. The third-order valence-electron chi connectivity index (χ3n) is 5.84. The molecule has 2 fully saturated rings. The van der Waals surface area contributed by atoms with Crippen LogP contribution in [0, 0.1) is 11.3 Å². The van der Waals surface area contributed by atoms with E-state index >= 15 is 0 Å². The molecule has 3 atom stereocenters. The molecule has 3 heteroatoms. The van der Waals surface area contributed by atoms with Gasteiger partial charge in [0, 0.05) is 6.04 Å². The molecule has 0 radical (unpaired) electrons. The molecule has 21 heavy (non-hydrogen) atoms. The minimum absolute atomic E-state index is 0.268. The van der Waals surface area contributed by atoms with E-state index < -0.39 is 11.5 Å². The molecule has 0 bridgehead atoms. The van der Waals surface area contributed by atoms with Crippen LogP contribution >= 0.6 is 0 Å². The highest BCUT2D eigenvalue weighted by Crippen LogP contribution is 2.46. The molecule has 1 saturated heterocycles. The fourth-order valence-electron chi connectivity index (χ4n) is 4.90. The van der Waals surface area contributed by atoms with Gasteiger partial charge in [-0.2, -0.15) is 0 Å². The van der Waals surface area contributed by atoms with Gasteiger partial charge in [0.05, 0.1) is 0 Å². The molecule has 3 nitrogen and oxygen atoms in total. The number of hydrogen-bond acceptors (Lipinski definition) is 2. The van der Waals surface area contributed by atoms with Crippen molar-refractivity contribution in [3.05, 3.63) is 0 Å². The highest BCUT2D eigenvalue weighted by Gasteiger charge is 2.52. The molecule has 2 aliphatic rings. The zero-order valence-corrected chi connectivity index (χ0v) is 14.3. The first-order valence-corrected chi connectivity index (χ1v) is 8.83. The van der Waals surface area contributed by atoms with Crippen LogP contribution in [-0.2, 0) is 4.79 Å². The van der Waals surface area contributed by atoms with Crippen molar-refractivity contribution in [2.24, 2.45) is 11.3 Å². The van der Waals surface area contributed by atoms with E-state index in [1.807, 2.05) is 0 Å². The lowest BCUT2D eigenvalue weighted by molar-refractivity contribution is -0.154. The van der Waals surface area contributed by atoms with Gasteiger partial charge in [-0.25, -0.2) is 0 Å². The molecule has 122 valence electrons. The molecule has 0 amide bonds. The number of carbonyl (C=O) groups is 1. The van der Waals surface area contributed by atoms with Gasteiger partial charge in [-0.1, -0.05) is 47.0 Å². The van der Waals surface area contributed by atoms with Gasteiger partial charge < -0.3 is 5.11 Å². The van der Waals surface area contributed by atoms with Gasteiger partial charge in [0.1, 0.15) is 5.54 Å². The van der Waals surface area contributed by atoms with Crippen LogP contribution in [0.3, 0.4) is 0 Å². The molecule has 1 heterocycles. The molecule has 3 unspecified atom stereocenters. The summed E-state index contributed by atoms with van der Waals surface area (Å²) in [6.07, 6.45) is 8.64. The Morgan fingerprint density at radius 1 is 1.24 bits per heavy atom. The lowest BCUT2D eigenvalue weighted by Crippen LogP contribution is -2.58. The van der Waals surface area contributed by atoms with Crippen molar-refractivity contribution in [1.82, 2.24) is 4.90 Å². The third-order valence-corrected chi connectivity index (χ3v) is 5.84. The van der Waals surface area contributed by atoms with Gasteiger partial charge in [-0.15, -0.1) is 0 Å². The highest BCUT2D eigenvalue weighted by atomic mass is 16.4. The second-order valence-electron chi connectivity index (χ2n) is 8.21. The maximum absolute atomic E-state index is 12.1. The Balaban J connectivity index is 2.30. The molecule has 2 rings (SSSR count). The van der Waals surface area contributed by atoms with E-state index in [-0.39, 0.29) is 5.41 Å². The van der Waals surface area contributed by atoms with Crippen LogP contribution in [0.4, 0.5) is 0 Å². The molecule has 0 aromatic rings. The Bertz CT molecular complexity index is 374. The summed E-state index contributed by atoms with van der Waals surface area (Å²) in [5.74, 6) is 0.0417. The largest absolute Gasteiger partial charge is 0.480 e. The topological polar surface area (TPSA) is 40.5 Å². The molecule has 0 aromatic carbocycles. The van der Waals surface area contributed by atoms with E-state index in [0.717, 1.165) is 32.2 Å². The summed E-state index contributed by atoms with van der Waals surface area (Å²) in [4.78, 5) is 14.5. The van der Waals surface area contributed by atoms with E-state index in [0.29, 0.717) is 12.0 Å². The maximum atomic E-state index is 12.1. The summed E-state index contributed by atoms with van der Waals surface area (Å²) >= 11 is 0. The standard InChI is InChI=1S/C18H33NO2/c1-5-11-18(16(20)21)12-8-13-19(18)15-10-7-6-9-14(15)17(2,3)4/h14-15H,5-13H2,1-4H3,(H,20,21). The first kappa shape index (κ1) is 16.8. The van der Waals surface area contributed by atoms with Gasteiger partial charge in [-0.3, -0.25) is 9.69 Å². The zero-order chi connectivity index (χ0) is 15.7. The van der Waals surface area contributed by atoms with Crippen molar-refractivity contribution in [2.75, 3.05) is 6.54 Å². The Morgan fingerprint density at radius 2 is 1.90 bits per heavy atom. The van der Waals surface area contributed by atoms with Crippen molar-refractivity contribution in [3.8, 4) is 0 Å². The quantitative estimate of drug-likeness (QED) is 0.840. The lowest BCUT2D eigenvalue weighted by Gasteiger charge is -2.49. The second-order valence-corrected chi connectivity index (χ2v) is 8.21. The van der Waals surface area contributed by atoms with Crippen molar-refractivity contribution in [1.29, 1.82) is 0 Å². The van der Waals surface area contributed by atoms with Gasteiger partial charge in [0.15, 0.2) is 0 Å². The van der Waals surface area contributed by atoms with Crippen molar-refractivity contribution < 1.29 is 9.90 Å².